The molecule has 1 unspecified atom stereocenters. The maximum absolute atomic E-state index is 12.5. The van der Waals surface area contributed by atoms with E-state index in [0.29, 0.717) is 12.5 Å². The second-order valence-electron chi connectivity index (χ2n) is 5.79. The average molecular weight is 310 g/mol. The molecule has 1 aromatic rings. The van der Waals surface area contributed by atoms with Gasteiger partial charge in [0.25, 0.3) is 5.69 Å². The Bertz CT molecular complexity index is 635. The van der Waals surface area contributed by atoms with Gasteiger partial charge in [0, 0.05) is 24.7 Å². The molecule has 0 aromatic heterocycles. The highest BCUT2D eigenvalue weighted by atomic mass is 32.2. The zero-order valence-corrected chi connectivity index (χ0v) is 12.5. The van der Waals surface area contributed by atoms with Crippen molar-refractivity contribution in [1.29, 1.82) is 0 Å². The first-order chi connectivity index (χ1) is 10.00. The van der Waals surface area contributed by atoms with Crippen LogP contribution < -0.4 is 0 Å². The second kappa shape index (κ2) is 5.38. The molecular weight excluding hydrogens is 292 g/mol. The minimum Gasteiger partial charge on any atom is -0.258 e. The molecule has 1 aromatic carbocycles. The summed E-state index contributed by atoms with van der Waals surface area (Å²) in [6.07, 6.45) is 5.84. The van der Waals surface area contributed by atoms with Crippen LogP contribution in [-0.2, 0) is 10.0 Å². The topological polar surface area (TPSA) is 80.3 Å². The maximum atomic E-state index is 12.5. The van der Waals surface area contributed by atoms with Crippen LogP contribution in [0.4, 0.5) is 5.69 Å². The molecule has 0 amide bonds. The molecule has 1 saturated heterocycles. The van der Waals surface area contributed by atoms with Crippen molar-refractivity contribution in [2.24, 2.45) is 5.92 Å². The molecule has 7 heteroatoms. The quantitative estimate of drug-likeness (QED) is 0.486. The van der Waals surface area contributed by atoms with Crippen molar-refractivity contribution >= 4 is 15.7 Å². The first kappa shape index (κ1) is 14.5. The lowest BCUT2D eigenvalue weighted by molar-refractivity contribution is -0.384. The number of benzene rings is 1. The lowest BCUT2D eigenvalue weighted by Crippen LogP contribution is -2.21. The minimum atomic E-state index is -3.50. The fourth-order valence-corrected chi connectivity index (χ4v) is 4.82. The molecule has 21 heavy (non-hydrogen) atoms. The predicted molar refractivity (Wildman–Crippen MR) is 77.4 cm³/mol. The lowest BCUT2D eigenvalue weighted by atomic mass is 9.87. The molecule has 1 saturated carbocycles. The first-order valence-corrected chi connectivity index (χ1v) is 8.70. The Hall–Kier alpha value is -1.47. The van der Waals surface area contributed by atoms with Gasteiger partial charge >= 0.3 is 0 Å². The van der Waals surface area contributed by atoms with Gasteiger partial charge in [-0.2, -0.15) is 4.31 Å². The number of nitro groups is 1. The van der Waals surface area contributed by atoms with Gasteiger partial charge in [-0.25, -0.2) is 8.42 Å². The second-order valence-corrected chi connectivity index (χ2v) is 7.68. The zero-order chi connectivity index (χ0) is 15.0. The molecule has 1 aliphatic heterocycles. The summed E-state index contributed by atoms with van der Waals surface area (Å²) < 4.78 is 26.5. The fraction of sp³-hybridized carbons (Fsp3) is 0.571. The summed E-state index contributed by atoms with van der Waals surface area (Å²) in [6, 6.07) is 5.26. The molecule has 114 valence electrons. The summed E-state index contributed by atoms with van der Waals surface area (Å²) in [4.78, 5) is 10.2. The molecule has 0 radical (unpaired) electrons. The van der Waals surface area contributed by atoms with Gasteiger partial charge in [-0.05, 0) is 30.9 Å². The SMILES string of the molecule is O=[N+]([O-])c1ccc(S(=O)(=O)N2C[C@H]2C2CCCCC2)cc1. The zero-order valence-electron chi connectivity index (χ0n) is 11.6. The van der Waals surface area contributed by atoms with E-state index in [1.54, 1.807) is 0 Å². The molecule has 0 spiro atoms. The molecule has 2 atom stereocenters. The largest absolute Gasteiger partial charge is 0.269 e. The van der Waals surface area contributed by atoms with Gasteiger partial charge in [0.2, 0.25) is 10.0 Å². The van der Waals surface area contributed by atoms with E-state index in [1.807, 2.05) is 0 Å². The predicted octanol–water partition coefficient (Wildman–Crippen LogP) is 2.55. The van der Waals surface area contributed by atoms with E-state index >= 15 is 0 Å². The first-order valence-electron chi connectivity index (χ1n) is 7.26. The van der Waals surface area contributed by atoms with Crippen molar-refractivity contribution in [2.75, 3.05) is 6.54 Å². The van der Waals surface area contributed by atoms with Crippen LogP contribution in [0, 0.1) is 16.0 Å². The van der Waals surface area contributed by atoms with E-state index < -0.39 is 14.9 Å². The van der Waals surface area contributed by atoms with Gasteiger partial charge in [0.15, 0.2) is 0 Å². The van der Waals surface area contributed by atoms with Gasteiger partial charge in [-0.3, -0.25) is 10.1 Å². The third kappa shape index (κ3) is 2.80. The Morgan fingerprint density at radius 1 is 1.10 bits per heavy atom. The third-order valence-electron chi connectivity index (χ3n) is 4.45. The normalized spacial score (nSPS) is 26.5. The number of nitro benzene ring substituents is 1. The Balaban J connectivity index is 1.74. The van der Waals surface area contributed by atoms with Crippen molar-refractivity contribution in [3.63, 3.8) is 0 Å². The number of sulfonamides is 1. The number of hydrogen-bond acceptors (Lipinski definition) is 4. The molecule has 3 rings (SSSR count). The van der Waals surface area contributed by atoms with Crippen molar-refractivity contribution in [3.05, 3.63) is 34.4 Å². The molecule has 6 nitrogen and oxygen atoms in total. The standard InChI is InChI=1S/C14H18N2O4S/c17-16(18)12-6-8-13(9-7-12)21(19,20)15-10-14(15)11-4-2-1-3-5-11/h6-9,11,14H,1-5,10H2/t14-,15?/m0/s1. The molecular formula is C14H18N2O4S. The smallest absolute Gasteiger partial charge is 0.258 e. The summed E-state index contributed by atoms with van der Waals surface area (Å²) in [7, 11) is -3.50. The Morgan fingerprint density at radius 3 is 2.29 bits per heavy atom. The van der Waals surface area contributed by atoms with Crippen LogP contribution >= 0.6 is 0 Å². The van der Waals surface area contributed by atoms with Crippen LogP contribution in [0.1, 0.15) is 32.1 Å². The van der Waals surface area contributed by atoms with Crippen molar-refractivity contribution in [2.45, 2.75) is 43.0 Å². The van der Waals surface area contributed by atoms with Crippen molar-refractivity contribution < 1.29 is 13.3 Å². The van der Waals surface area contributed by atoms with Gasteiger partial charge in [0.1, 0.15) is 0 Å². The van der Waals surface area contributed by atoms with E-state index in [2.05, 4.69) is 0 Å². The molecule has 2 aliphatic rings. The number of hydrogen-bond donors (Lipinski definition) is 0. The highest BCUT2D eigenvalue weighted by Gasteiger charge is 2.48. The van der Waals surface area contributed by atoms with E-state index in [9.17, 15) is 18.5 Å². The molecule has 0 N–H and O–H groups in total. The van der Waals surface area contributed by atoms with Crippen LogP contribution in [0.25, 0.3) is 0 Å². The summed E-state index contributed by atoms with van der Waals surface area (Å²) in [5, 5.41) is 10.6. The monoisotopic (exact) mass is 310 g/mol. The summed E-state index contributed by atoms with van der Waals surface area (Å²) in [5.74, 6) is 0.478. The Kier molecular flexibility index (Phi) is 3.71. The highest BCUT2D eigenvalue weighted by Crippen LogP contribution is 2.39. The van der Waals surface area contributed by atoms with Crippen LogP contribution in [-0.4, -0.2) is 30.2 Å². The van der Waals surface area contributed by atoms with E-state index in [1.165, 1.54) is 47.8 Å². The van der Waals surface area contributed by atoms with Crippen LogP contribution in [0.2, 0.25) is 0 Å². The molecule has 0 bridgehead atoms. The van der Waals surface area contributed by atoms with E-state index in [4.69, 9.17) is 0 Å². The molecule has 1 aliphatic carbocycles. The van der Waals surface area contributed by atoms with Gasteiger partial charge < -0.3 is 0 Å². The third-order valence-corrected chi connectivity index (χ3v) is 6.36. The average Bonchev–Trinajstić information content (AvgIpc) is 3.29. The summed E-state index contributed by atoms with van der Waals surface area (Å²) in [5.41, 5.74) is -0.0939. The van der Waals surface area contributed by atoms with Crippen LogP contribution in [0.5, 0.6) is 0 Å². The number of nitrogens with zero attached hydrogens (tertiary/aromatic N) is 2. The van der Waals surface area contributed by atoms with Gasteiger partial charge in [-0.15, -0.1) is 0 Å². The lowest BCUT2D eigenvalue weighted by Gasteiger charge is -2.21. The Labute approximate surface area is 124 Å². The van der Waals surface area contributed by atoms with Gasteiger partial charge in [0.05, 0.1) is 9.82 Å². The van der Waals surface area contributed by atoms with Crippen LogP contribution in [0.15, 0.2) is 29.2 Å². The van der Waals surface area contributed by atoms with Crippen LogP contribution in [0.3, 0.4) is 0 Å². The van der Waals surface area contributed by atoms with Gasteiger partial charge in [-0.1, -0.05) is 19.3 Å². The molecule has 2 fully saturated rings. The fourth-order valence-electron chi connectivity index (χ4n) is 3.19. The van der Waals surface area contributed by atoms with Crippen molar-refractivity contribution in [1.82, 2.24) is 4.31 Å². The minimum absolute atomic E-state index is 0.0939. The number of rotatable bonds is 4. The summed E-state index contributed by atoms with van der Waals surface area (Å²) in [6.45, 7) is 0.587. The molecule has 1 heterocycles. The van der Waals surface area contributed by atoms with E-state index in [0.717, 1.165) is 12.8 Å². The maximum Gasteiger partial charge on any atom is 0.269 e. The number of non-ortho nitro benzene ring substituents is 1. The Morgan fingerprint density at radius 2 is 1.71 bits per heavy atom. The van der Waals surface area contributed by atoms with E-state index in [-0.39, 0.29) is 16.6 Å². The summed E-state index contributed by atoms with van der Waals surface area (Å²) >= 11 is 0. The van der Waals surface area contributed by atoms with Crippen molar-refractivity contribution in [3.8, 4) is 0 Å². The highest BCUT2D eigenvalue weighted by molar-refractivity contribution is 7.89.